The number of nitriles is 1. The Morgan fingerprint density at radius 1 is 1.00 bits per heavy atom. The number of rotatable bonds is 4. The van der Waals surface area contributed by atoms with Crippen molar-refractivity contribution >= 4 is 5.69 Å². The molecule has 1 N–H and O–H groups in total. The maximum atomic E-state index is 10.4. The molecule has 0 aliphatic heterocycles. The summed E-state index contributed by atoms with van der Waals surface area (Å²) in [7, 11) is 0. The number of fused-ring (bicyclic) bond motifs is 1. The maximum absolute atomic E-state index is 10.4. The van der Waals surface area contributed by atoms with Crippen LogP contribution < -0.4 is 5.32 Å². The number of anilines is 1. The smallest absolute Gasteiger partial charge is 0.157 e. The Bertz CT molecular complexity index is 816. The van der Waals surface area contributed by atoms with Gasteiger partial charge in [0.25, 0.3) is 0 Å². The highest BCUT2D eigenvalue weighted by atomic mass is 15.0. The van der Waals surface area contributed by atoms with Crippen LogP contribution in [-0.2, 0) is 5.54 Å². The number of hydrogen-bond donors (Lipinski definition) is 1. The van der Waals surface area contributed by atoms with Gasteiger partial charge < -0.3 is 5.32 Å². The minimum atomic E-state index is -0.757. The van der Waals surface area contributed by atoms with Crippen LogP contribution in [0.25, 0.3) is 0 Å². The highest BCUT2D eigenvalue weighted by molar-refractivity contribution is 5.53. The molecule has 1 saturated carbocycles. The Morgan fingerprint density at radius 2 is 1.64 bits per heavy atom. The molecule has 126 valence electrons. The third kappa shape index (κ3) is 2.38. The van der Waals surface area contributed by atoms with Crippen LogP contribution in [0.3, 0.4) is 0 Å². The van der Waals surface area contributed by atoms with Gasteiger partial charge >= 0.3 is 0 Å². The molecule has 0 aromatic heterocycles. The number of nitrogens with one attached hydrogen (secondary N) is 1. The van der Waals surface area contributed by atoms with Crippen LogP contribution in [0.2, 0.25) is 0 Å². The second-order valence-corrected chi connectivity index (χ2v) is 7.96. The first-order valence-corrected chi connectivity index (χ1v) is 9.06. The minimum absolute atomic E-state index is 0.153. The summed E-state index contributed by atoms with van der Waals surface area (Å²) >= 11 is 0. The number of benzene rings is 2. The first-order valence-electron chi connectivity index (χ1n) is 9.06. The highest BCUT2D eigenvalue weighted by Gasteiger charge is 2.58. The highest BCUT2D eigenvalue weighted by Crippen LogP contribution is 2.62. The number of para-hydroxylation sites is 1. The molecule has 0 radical (unpaired) electrons. The standard InChI is InChI=1S/C23H24N2/c1-22(2)18-13-14-20(21(22)15-18)23(16-24,17-9-5-3-6-10-17)25-19-11-7-4-8-12-19/h3-14,18,20-21,25H,15H2,1-2H3. The molecule has 0 amide bonds. The molecule has 1 fully saturated rings. The largest absolute Gasteiger partial charge is 0.363 e. The van der Waals surface area contributed by atoms with Crippen molar-refractivity contribution in [3.8, 4) is 6.07 Å². The molecule has 2 bridgehead atoms. The molecule has 4 atom stereocenters. The lowest BCUT2D eigenvalue weighted by Gasteiger charge is -2.60. The van der Waals surface area contributed by atoms with Gasteiger partial charge in [-0.3, -0.25) is 0 Å². The summed E-state index contributed by atoms with van der Waals surface area (Å²) in [5, 5.41) is 14.0. The summed E-state index contributed by atoms with van der Waals surface area (Å²) in [6.07, 6.45) is 5.81. The predicted octanol–water partition coefficient (Wildman–Crippen LogP) is 5.37. The van der Waals surface area contributed by atoms with Gasteiger partial charge in [-0.1, -0.05) is 74.5 Å². The quantitative estimate of drug-likeness (QED) is 0.766. The van der Waals surface area contributed by atoms with Gasteiger partial charge in [0.1, 0.15) is 0 Å². The second kappa shape index (κ2) is 5.77. The Balaban J connectivity index is 1.83. The Morgan fingerprint density at radius 3 is 2.20 bits per heavy atom. The zero-order valence-corrected chi connectivity index (χ0v) is 14.8. The molecule has 0 saturated heterocycles. The lowest BCUT2D eigenvalue weighted by atomic mass is 9.45. The van der Waals surface area contributed by atoms with Gasteiger partial charge in [0.05, 0.1) is 6.07 Å². The molecule has 0 spiro atoms. The molecule has 5 rings (SSSR count). The summed E-state index contributed by atoms with van der Waals surface area (Å²) in [6.45, 7) is 4.69. The molecule has 3 aliphatic rings. The van der Waals surface area contributed by atoms with E-state index in [1.54, 1.807) is 0 Å². The van der Waals surface area contributed by atoms with E-state index in [0.29, 0.717) is 11.8 Å². The van der Waals surface area contributed by atoms with Gasteiger partial charge in [-0.25, -0.2) is 0 Å². The zero-order chi connectivity index (χ0) is 17.5. The van der Waals surface area contributed by atoms with Crippen molar-refractivity contribution in [1.29, 1.82) is 5.26 Å². The van der Waals surface area contributed by atoms with Crippen molar-refractivity contribution in [3.05, 3.63) is 78.4 Å². The summed E-state index contributed by atoms with van der Waals surface area (Å²) in [6, 6.07) is 23.0. The van der Waals surface area contributed by atoms with Crippen LogP contribution in [0.4, 0.5) is 5.69 Å². The fraction of sp³-hybridized carbons (Fsp3) is 0.348. The molecule has 2 aromatic carbocycles. The maximum Gasteiger partial charge on any atom is 0.157 e. The van der Waals surface area contributed by atoms with Crippen LogP contribution in [0.15, 0.2) is 72.8 Å². The number of nitrogens with zero attached hydrogens (tertiary/aromatic N) is 1. The fourth-order valence-electron chi connectivity index (χ4n) is 4.73. The average molecular weight is 328 g/mol. The number of allylic oxidation sites excluding steroid dienone is 1. The second-order valence-electron chi connectivity index (χ2n) is 7.96. The Hall–Kier alpha value is -2.53. The summed E-state index contributed by atoms with van der Waals surface area (Å²) in [5.74, 6) is 1.32. The normalized spacial score (nSPS) is 28.3. The van der Waals surface area contributed by atoms with Gasteiger partial charge in [0, 0.05) is 11.6 Å². The van der Waals surface area contributed by atoms with Crippen molar-refractivity contribution in [2.24, 2.45) is 23.2 Å². The monoisotopic (exact) mass is 328 g/mol. The van der Waals surface area contributed by atoms with E-state index in [1.807, 2.05) is 48.5 Å². The van der Waals surface area contributed by atoms with E-state index >= 15 is 0 Å². The van der Waals surface area contributed by atoms with E-state index in [-0.39, 0.29) is 11.3 Å². The van der Waals surface area contributed by atoms with E-state index in [9.17, 15) is 5.26 Å². The van der Waals surface area contributed by atoms with Crippen molar-refractivity contribution in [1.82, 2.24) is 0 Å². The van der Waals surface area contributed by atoms with Crippen molar-refractivity contribution in [2.75, 3.05) is 5.32 Å². The van der Waals surface area contributed by atoms with E-state index in [4.69, 9.17) is 0 Å². The van der Waals surface area contributed by atoms with Gasteiger partial charge in [-0.05, 0) is 41.4 Å². The summed E-state index contributed by atoms with van der Waals surface area (Å²) < 4.78 is 0. The van der Waals surface area contributed by atoms with Crippen molar-refractivity contribution < 1.29 is 0 Å². The molecule has 0 heterocycles. The van der Waals surface area contributed by atoms with Gasteiger partial charge in [-0.2, -0.15) is 5.26 Å². The molecular weight excluding hydrogens is 304 g/mol. The lowest BCUT2D eigenvalue weighted by Crippen LogP contribution is -2.57. The van der Waals surface area contributed by atoms with Crippen molar-refractivity contribution in [2.45, 2.75) is 25.8 Å². The topological polar surface area (TPSA) is 35.8 Å². The average Bonchev–Trinajstić information content (AvgIpc) is 2.67. The number of hydrogen-bond acceptors (Lipinski definition) is 2. The molecule has 25 heavy (non-hydrogen) atoms. The first kappa shape index (κ1) is 16.0. The van der Waals surface area contributed by atoms with Gasteiger partial charge in [-0.15, -0.1) is 0 Å². The molecule has 3 aliphatic carbocycles. The van der Waals surface area contributed by atoms with E-state index < -0.39 is 5.54 Å². The third-order valence-corrected chi connectivity index (χ3v) is 6.42. The van der Waals surface area contributed by atoms with Crippen LogP contribution in [0.5, 0.6) is 0 Å². The van der Waals surface area contributed by atoms with Gasteiger partial charge in [0.2, 0.25) is 0 Å². The predicted molar refractivity (Wildman–Crippen MR) is 102 cm³/mol. The first-order chi connectivity index (χ1) is 12.1. The van der Waals surface area contributed by atoms with Gasteiger partial charge in [0.15, 0.2) is 5.54 Å². The van der Waals surface area contributed by atoms with Crippen molar-refractivity contribution in [3.63, 3.8) is 0 Å². The summed E-state index contributed by atoms with van der Waals surface area (Å²) in [4.78, 5) is 0. The van der Waals surface area contributed by atoms with E-state index in [1.165, 1.54) is 6.42 Å². The zero-order valence-electron chi connectivity index (χ0n) is 14.8. The molecular formula is C23H24N2. The minimum Gasteiger partial charge on any atom is -0.363 e. The SMILES string of the molecule is CC1(C)C2C=CC(C(C#N)(Nc3ccccc3)c3ccccc3)C1C2. The third-order valence-electron chi connectivity index (χ3n) is 6.42. The molecule has 2 aromatic rings. The van der Waals surface area contributed by atoms with Crippen LogP contribution in [0.1, 0.15) is 25.8 Å². The molecule has 2 nitrogen and oxygen atoms in total. The van der Waals surface area contributed by atoms with Crippen LogP contribution in [0, 0.1) is 34.5 Å². The Labute approximate surface area is 150 Å². The van der Waals surface area contributed by atoms with E-state index in [2.05, 4.69) is 49.5 Å². The Kier molecular flexibility index (Phi) is 3.69. The van der Waals surface area contributed by atoms with E-state index in [0.717, 1.165) is 11.3 Å². The summed E-state index contributed by atoms with van der Waals surface area (Å²) in [5.41, 5.74) is 1.53. The lowest BCUT2D eigenvalue weighted by molar-refractivity contribution is -0.0437. The van der Waals surface area contributed by atoms with Crippen LogP contribution >= 0.6 is 0 Å². The molecule has 2 heteroatoms. The van der Waals surface area contributed by atoms with Crippen LogP contribution in [-0.4, -0.2) is 0 Å². The fourth-order valence-corrected chi connectivity index (χ4v) is 4.73. The molecule has 4 unspecified atom stereocenters.